The molecule has 13 heavy (non-hydrogen) atoms. The van der Waals surface area contributed by atoms with Crippen LogP contribution in [0.4, 0.5) is 0 Å². The second-order valence-electron chi connectivity index (χ2n) is 1.88. The van der Waals surface area contributed by atoms with Crippen LogP contribution in [0.2, 0.25) is 0 Å². The normalized spacial score (nSPS) is 11.1. The van der Waals surface area contributed by atoms with Crippen molar-refractivity contribution in [3.63, 3.8) is 0 Å². The Bertz CT molecular complexity index is 244. The van der Waals surface area contributed by atoms with Crippen molar-refractivity contribution in [2.45, 2.75) is 0 Å². The predicted molar refractivity (Wildman–Crippen MR) is 47.2 cm³/mol. The Balaban J connectivity index is 3.63. The van der Waals surface area contributed by atoms with Crippen molar-refractivity contribution in [1.29, 1.82) is 0 Å². The van der Waals surface area contributed by atoms with Crippen LogP contribution < -0.4 is 0 Å². The highest BCUT2D eigenvalue weighted by atomic mass is 32.3. The van der Waals surface area contributed by atoms with E-state index in [0.717, 1.165) is 0 Å². The quantitative estimate of drug-likeness (QED) is 0.332. The minimum absolute atomic E-state index is 0.121. The Morgan fingerprint density at radius 3 is 2.23 bits per heavy atom. The monoisotopic (exact) mass is 208 g/mol. The summed E-state index contributed by atoms with van der Waals surface area (Å²) in [4.78, 5) is 0. The summed E-state index contributed by atoms with van der Waals surface area (Å²) in [7, 11) is -3.95. The minimum Gasteiger partial charge on any atom is -0.350 e. The second-order valence-corrected chi connectivity index (χ2v) is 3.16. The van der Waals surface area contributed by atoms with Crippen molar-refractivity contribution in [2.75, 3.05) is 20.0 Å². The van der Waals surface area contributed by atoms with Crippen molar-refractivity contribution < 1.29 is 21.5 Å². The summed E-state index contributed by atoms with van der Waals surface area (Å²) in [6, 6.07) is 0. The van der Waals surface area contributed by atoms with Crippen LogP contribution >= 0.6 is 0 Å². The van der Waals surface area contributed by atoms with Gasteiger partial charge in [0.25, 0.3) is 0 Å². The Morgan fingerprint density at radius 2 is 1.69 bits per heavy atom. The van der Waals surface area contributed by atoms with E-state index in [0.29, 0.717) is 0 Å². The van der Waals surface area contributed by atoms with Gasteiger partial charge in [-0.15, -0.1) is 13.2 Å². The van der Waals surface area contributed by atoms with E-state index in [2.05, 4.69) is 26.3 Å². The summed E-state index contributed by atoms with van der Waals surface area (Å²) in [6.07, 6.45) is 2.77. The Labute approximate surface area is 77.9 Å². The molecule has 0 bridgehead atoms. The average Bonchev–Trinajstić information content (AvgIpc) is 2.09. The fourth-order valence-corrected chi connectivity index (χ4v) is 0.907. The Morgan fingerprint density at radius 1 is 1.08 bits per heavy atom. The molecular weight excluding hydrogens is 196 g/mol. The highest BCUT2D eigenvalue weighted by Crippen LogP contribution is 1.95. The van der Waals surface area contributed by atoms with Gasteiger partial charge in [-0.3, -0.25) is 0 Å². The lowest BCUT2D eigenvalue weighted by molar-refractivity contribution is 0.0243. The molecule has 0 spiro atoms. The van der Waals surface area contributed by atoms with Gasteiger partial charge >= 0.3 is 10.4 Å². The van der Waals surface area contributed by atoms with Crippen LogP contribution in [-0.2, 0) is 23.5 Å². The number of rotatable bonds is 8. The fourth-order valence-electron chi connectivity index (χ4n) is 0.390. The summed E-state index contributed by atoms with van der Waals surface area (Å²) < 4.78 is 34.7. The maximum Gasteiger partial charge on any atom is 0.402 e. The number of hydrogen-bond donors (Lipinski definition) is 0. The second kappa shape index (κ2) is 6.79. The highest BCUT2D eigenvalue weighted by molar-refractivity contribution is 7.81. The molecule has 0 saturated heterocycles. The predicted octanol–water partition coefficient (Wildman–Crippen LogP) is 0.611. The molecular formula is C7H12O5S. The van der Waals surface area contributed by atoms with Gasteiger partial charge in [-0.25, -0.2) is 8.37 Å². The zero-order valence-corrected chi connectivity index (χ0v) is 7.96. The van der Waals surface area contributed by atoms with E-state index in [9.17, 15) is 8.42 Å². The molecule has 0 aliphatic heterocycles. The third-order valence-corrected chi connectivity index (χ3v) is 1.65. The number of ether oxygens (including phenoxy) is 1. The van der Waals surface area contributed by atoms with Gasteiger partial charge < -0.3 is 4.74 Å². The lowest BCUT2D eigenvalue weighted by Crippen LogP contribution is -2.12. The molecule has 6 heteroatoms. The zero-order chi connectivity index (χ0) is 10.2. The van der Waals surface area contributed by atoms with Crippen LogP contribution in [0.5, 0.6) is 0 Å². The minimum atomic E-state index is -3.95. The van der Waals surface area contributed by atoms with Gasteiger partial charge in [-0.1, -0.05) is 12.2 Å². The molecule has 0 saturated carbocycles. The first-order chi connectivity index (χ1) is 6.12. The van der Waals surface area contributed by atoms with E-state index >= 15 is 0 Å². The van der Waals surface area contributed by atoms with Gasteiger partial charge in [0.2, 0.25) is 0 Å². The van der Waals surface area contributed by atoms with Crippen LogP contribution in [-0.4, -0.2) is 28.4 Å². The summed E-state index contributed by atoms with van der Waals surface area (Å²) in [5.74, 6) is 0. The molecule has 0 N–H and O–H groups in total. The molecule has 0 unspecified atom stereocenters. The van der Waals surface area contributed by atoms with Gasteiger partial charge in [0, 0.05) is 0 Å². The first-order valence-electron chi connectivity index (χ1n) is 3.45. The van der Waals surface area contributed by atoms with Crippen molar-refractivity contribution >= 4 is 10.4 Å². The van der Waals surface area contributed by atoms with Gasteiger partial charge in [0.15, 0.2) is 6.79 Å². The average molecular weight is 208 g/mol. The summed E-state index contributed by atoms with van der Waals surface area (Å²) in [6.45, 7) is 6.37. The third-order valence-electron chi connectivity index (χ3n) is 0.842. The molecule has 0 aromatic carbocycles. The third kappa shape index (κ3) is 7.66. The number of hydrogen-bond acceptors (Lipinski definition) is 5. The largest absolute Gasteiger partial charge is 0.402 e. The Kier molecular flexibility index (Phi) is 6.43. The van der Waals surface area contributed by atoms with Crippen LogP contribution in [0.15, 0.2) is 25.3 Å². The van der Waals surface area contributed by atoms with Gasteiger partial charge in [0.05, 0.1) is 13.2 Å². The summed E-state index contributed by atoms with van der Waals surface area (Å²) in [5, 5.41) is 0. The van der Waals surface area contributed by atoms with Crippen molar-refractivity contribution in [1.82, 2.24) is 0 Å². The van der Waals surface area contributed by atoms with E-state index < -0.39 is 10.4 Å². The molecule has 0 radical (unpaired) electrons. The molecule has 76 valence electrons. The molecule has 0 fully saturated rings. The SMILES string of the molecule is C=CCOCOS(=O)(=O)OCC=C. The van der Waals surface area contributed by atoms with Crippen LogP contribution in [0.25, 0.3) is 0 Å². The Hall–Kier alpha value is -0.690. The maximum absolute atomic E-state index is 10.8. The molecule has 0 amide bonds. The fraction of sp³-hybridized carbons (Fsp3) is 0.429. The van der Waals surface area contributed by atoms with Gasteiger partial charge in [-0.05, 0) is 0 Å². The van der Waals surface area contributed by atoms with E-state index in [-0.39, 0.29) is 20.0 Å². The van der Waals surface area contributed by atoms with Crippen molar-refractivity contribution in [3.05, 3.63) is 25.3 Å². The molecule has 0 aromatic rings. The molecule has 0 aliphatic rings. The molecule has 0 rings (SSSR count). The van der Waals surface area contributed by atoms with Crippen molar-refractivity contribution in [2.24, 2.45) is 0 Å². The van der Waals surface area contributed by atoms with Crippen LogP contribution in [0.3, 0.4) is 0 Å². The molecule has 0 aromatic heterocycles. The first kappa shape index (κ1) is 12.3. The highest BCUT2D eigenvalue weighted by Gasteiger charge is 2.09. The molecule has 0 aliphatic carbocycles. The molecule has 0 atom stereocenters. The smallest absolute Gasteiger partial charge is 0.350 e. The van der Waals surface area contributed by atoms with Crippen LogP contribution in [0.1, 0.15) is 0 Å². The summed E-state index contributed by atoms with van der Waals surface area (Å²) >= 11 is 0. The maximum atomic E-state index is 10.8. The van der Waals surface area contributed by atoms with Crippen LogP contribution in [0, 0.1) is 0 Å². The van der Waals surface area contributed by atoms with E-state index in [1.54, 1.807) is 0 Å². The lowest BCUT2D eigenvalue weighted by Gasteiger charge is -2.03. The molecule has 5 nitrogen and oxygen atoms in total. The standard InChI is InChI=1S/C7H12O5S/c1-3-5-10-7-12-13(8,9)11-6-4-2/h3-4H,1-2,5-7H2. The first-order valence-corrected chi connectivity index (χ1v) is 4.79. The van der Waals surface area contributed by atoms with E-state index in [4.69, 9.17) is 0 Å². The van der Waals surface area contributed by atoms with Gasteiger partial charge in [-0.2, -0.15) is 8.42 Å². The summed E-state index contributed by atoms with van der Waals surface area (Å²) in [5.41, 5.74) is 0. The lowest BCUT2D eigenvalue weighted by atomic mass is 10.7. The van der Waals surface area contributed by atoms with E-state index in [1.165, 1.54) is 12.2 Å². The molecule has 0 heterocycles. The zero-order valence-electron chi connectivity index (χ0n) is 7.14. The van der Waals surface area contributed by atoms with Gasteiger partial charge in [0.1, 0.15) is 0 Å². The topological polar surface area (TPSA) is 61.8 Å². The van der Waals surface area contributed by atoms with Crippen molar-refractivity contribution in [3.8, 4) is 0 Å². The van der Waals surface area contributed by atoms with E-state index in [1.807, 2.05) is 0 Å².